The summed E-state index contributed by atoms with van der Waals surface area (Å²) < 4.78 is 5.38. The number of nitrogens with zero attached hydrogens (tertiary/aromatic N) is 2. The van der Waals surface area contributed by atoms with Gasteiger partial charge in [-0.3, -0.25) is 9.59 Å². The summed E-state index contributed by atoms with van der Waals surface area (Å²) in [7, 11) is 1.67. The number of benzene rings is 1. The maximum absolute atomic E-state index is 12.8. The number of β-amino-alcohol motifs (C(OH)–C–C–N with tert-alkyl or cyclic N) is 1. The molecule has 2 heterocycles. The van der Waals surface area contributed by atoms with Crippen LogP contribution in [0.2, 0.25) is 0 Å². The van der Waals surface area contributed by atoms with Gasteiger partial charge in [-0.2, -0.15) is 0 Å². The van der Waals surface area contributed by atoms with Crippen LogP contribution in [-0.4, -0.2) is 54.2 Å². The molecule has 1 saturated heterocycles. The highest BCUT2D eigenvalue weighted by Gasteiger charge is 2.49. The van der Waals surface area contributed by atoms with E-state index in [0.717, 1.165) is 0 Å². The fraction of sp³-hybridized carbons (Fsp3) is 0.529. The van der Waals surface area contributed by atoms with Crippen LogP contribution in [0.5, 0.6) is 5.75 Å². The lowest BCUT2D eigenvalue weighted by molar-refractivity contribution is -0.120. The van der Waals surface area contributed by atoms with Crippen LogP contribution in [0.25, 0.3) is 0 Å². The second kappa shape index (κ2) is 4.96. The van der Waals surface area contributed by atoms with Gasteiger partial charge in [0.1, 0.15) is 5.75 Å². The summed E-state index contributed by atoms with van der Waals surface area (Å²) in [6.07, 6.45) is 0. The third-order valence-electron chi connectivity index (χ3n) is 5.12. The van der Waals surface area contributed by atoms with Crippen molar-refractivity contribution < 1.29 is 19.4 Å². The van der Waals surface area contributed by atoms with Crippen molar-refractivity contribution in [2.24, 2.45) is 5.41 Å². The van der Waals surface area contributed by atoms with Crippen LogP contribution in [0.4, 0.5) is 5.69 Å². The molecule has 6 heteroatoms. The molecule has 0 saturated carbocycles. The SMILES string of the molecule is CN1C(=O)COc2ccc(C(=O)N3CC(C)(C)[C@](C)(O)C3)cc21. The molecule has 1 atom stereocenters. The lowest BCUT2D eigenvalue weighted by Crippen LogP contribution is -2.40. The van der Waals surface area contributed by atoms with Gasteiger partial charge in [0.2, 0.25) is 0 Å². The average Bonchev–Trinajstić information content (AvgIpc) is 2.70. The van der Waals surface area contributed by atoms with Gasteiger partial charge in [-0.25, -0.2) is 0 Å². The Morgan fingerprint density at radius 1 is 1.26 bits per heavy atom. The number of hydrogen-bond acceptors (Lipinski definition) is 4. The van der Waals surface area contributed by atoms with Crippen molar-refractivity contribution in [2.45, 2.75) is 26.4 Å². The molecule has 1 aromatic carbocycles. The Kier molecular flexibility index (Phi) is 3.41. The first-order valence-electron chi connectivity index (χ1n) is 7.67. The Balaban J connectivity index is 1.89. The van der Waals surface area contributed by atoms with Crippen LogP contribution in [0, 0.1) is 5.41 Å². The van der Waals surface area contributed by atoms with E-state index in [0.29, 0.717) is 30.1 Å². The molecule has 1 N–H and O–H groups in total. The Hall–Kier alpha value is -2.08. The molecule has 1 fully saturated rings. The number of rotatable bonds is 1. The van der Waals surface area contributed by atoms with E-state index < -0.39 is 5.60 Å². The van der Waals surface area contributed by atoms with Crippen molar-refractivity contribution in [2.75, 3.05) is 31.6 Å². The summed E-state index contributed by atoms with van der Waals surface area (Å²) in [5.74, 6) is 0.301. The second-order valence-corrected chi connectivity index (χ2v) is 7.24. The highest BCUT2D eigenvalue weighted by Crippen LogP contribution is 2.39. The molecule has 2 amide bonds. The summed E-state index contributed by atoms with van der Waals surface area (Å²) >= 11 is 0. The molecule has 1 aromatic rings. The predicted octanol–water partition coefficient (Wildman–Crippen LogP) is 1.27. The topological polar surface area (TPSA) is 70.1 Å². The van der Waals surface area contributed by atoms with E-state index in [1.807, 2.05) is 13.8 Å². The predicted molar refractivity (Wildman–Crippen MR) is 85.7 cm³/mol. The van der Waals surface area contributed by atoms with Gasteiger partial charge in [-0.15, -0.1) is 0 Å². The van der Waals surface area contributed by atoms with Gasteiger partial charge < -0.3 is 19.6 Å². The molecular formula is C17H22N2O4. The number of likely N-dealkylation sites (tertiary alicyclic amines) is 1. The van der Waals surface area contributed by atoms with Crippen LogP contribution < -0.4 is 9.64 Å². The molecule has 23 heavy (non-hydrogen) atoms. The summed E-state index contributed by atoms with van der Waals surface area (Å²) in [5.41, 5.74) is -0.209. The second-order valence-electron chi connectivity index (χ2n) is 7.24. The van der Waals surface area contributed by atoms with Crippen molar-refractivity contribution in [3.8, 4) is 5.75 Å². The van der Waals surface area contributed by atoms with Gasteiger partial charge in [0.25, 0.3) is 11.8 Å². The van der Waals surface area contributed by atoms with Gasteiger partial charge >= 0.3 is 0 Å². The molecule has 6 nitrogen and oxygen atoms in total. The van der Waals surface area contributed by atoms with Gasteiger partial charge in [0.15, 0.2) is 6.61 Å². The monoisotopic (exact) mass is 318 g/mol. The Labute approximate surface area is 135 Å². The van der Waals surface area contributed by atoms with E-state index >= 15 is 0 Å². The fourth-order valence-electron chi connectivity index (χ4n) is 3.02. The first kappa shape index (κ1) is 15.8. The van der Waals surface area contributed by atoms with Crippen LogP contribution in [-0.2, 0) is 4.79 Å². The summed E-state index contributed by atoms with van der Waals surface area (Å²) in [6.45, 7) is 6.45. The first-order valence-corrected chi connectivity index (χ1v) is 7.67. The number of likely N-dealkylation sites (N-methyl/N-ethyl adjacent to an activating group) is 1. The molecule has 3 rings (SSSR count). The smallest absolute Gasteiger partial charge is 0.264 e. The highest BCUT2D eigenvalue weighted by molar-refractivity contribution is 6.01. The van der Waals surface area contributed by atoms with Crippen LogP contribution in [0.1, 0.15) is 31.1 Å². The third kappa shape index (κ3) is 2.47. The maximum Gasteiger partial charge on any atom is 0.264 e. The van der Waals surface area contributed by atoms with E-state index in [9.17, 15) is 14.7 Å². The van der Waals surface area contributed by atoms with E-state index in [-0.39, 0.29) is 23.8 Å². The number of anilines is 1. The summed E-state index contributed by atoms with van der Waals surface area (Å²) in [4.78, 5) is 27.7. The molecule has 0 aromatic heterocycles. The Bertz CT molecular complexity index is 665. The highest BCUT2D eigenvalue weighted by atomic mass is 16.5. The van der Waals surface area contributed by atoms with E-state index in [1.54, 1.807) is 37.1 Å². The number of carbonyl (C=O) groups excluding carboxylic acids is 2. The standard InChI is InChI=1S/C17H22N2O4/c1-16(2)9-19(10-17(16,3)22)15(21)11-5-6-13-12(7-11)18(4)14(20)8-23-13/h5-7,22H,8-10H2,1-4H3/t17-/m1/s1. The zero-order chi connectivity index (χ0) is 17.0. The number of aliphatic hydroxyl groups is 1. The van der Waals surface area contributed by atoms with E-state index in [2.05, 4.69) is 0 Å². The number of amides is 2. The lowest BCUT2D eigenvalue weighted by atomic mass is 9.79. The summed E-state index contributed by atoms with van der Waals surface area (Å²) in [6, 6.07) is 5.09. The van der Waals surface area contributed by atoms with Gasteiger partial charge in [-0.05, 0) is 25.1 Å². The number of ether oxygens (including phenoxy) is 1. The Morgan fingerprint density at radius 2 is 1.96 bits per heavy atom. The number of carbonyl (C=O) groups is 2. The fourth-order valence-corrected chi connectivity index (χ4v) is 3.02. The van der Waals surface area contributed by atoms with Crippen LogP contribution >= 0.6 is 0 Å². The molecule has 0 radical (unpaired) electrons. The quantitative estimate of drug-likeness (QED) is 0.847. The molecule has 124 valence electrons. The third-order valence-corrected chi connectivity index (χ3v) is 5.12. The van der Waals surface area contributed by atoms with Crippen molar-refractivity contribution in [1.82, 2.24) is 4.90 Å². The molecule has 0 aliphatic carbocycles. The molecular weight excluding hydrogens is 296 g/mol. The van der Waals surface area contributed by atoms with Crippen molar-refractivity contribution in [1.29, 1.82) is 0 Å². The van der Waals surface area contributed by atoms with Crippen molar-refractivity contribution in [3.05, 3.63) is 23.8 Å². The zero-order valence-electron chi connectivity index (χ0n) is 13.9. The first-order chi connectivity index (χ1) is 10.6. The van der Waals surface area contributed by atoms with Gasteiger partial charge in [0, 0.05) is 24.6 Å². The van der Waals surface area contributed by atoms with E-state index in [1.165, 1.54) is 4.90 Å². The minimum Gasteiger partial charge on any atom is -0.482 e. The zero-order valence-corrected chi connectivity index (χ0v) is 13.9. The minimum absolute atomic E-state index is 0.0139. The van der Waals surface area contributed by atoms with Crippen LogP contribution in [0.3, 0.4) is 0 Å². The number of fused-ring (bicyclic) bond motifs is 1. The normalized spacial score (nSPS) is 26.0. The van der Waals surface area contributed by atoms with E-state index in [4.69, 9.17) is 4.74 Å². The summed E-state index contributed by atoms with van der Waals surface area (Å²) in [5, 5.41) is 10.5. The molecule has 2 aliphatic heterocycles. The van der Waals surface area contributed by atoms with Gasteiger partial charge in [0.05, 0.1) is 17.8 Å². The minimum atomic E-state index is -0.924. The van der Waals surface area contributed by atoms with Crippen molar-refractivity contribution >= 4 is 17.5 Å². The largest absolute Gasteiger partial charge is 0.482 e. The number of hydrogen-bond donors (Lipinski definition) is 1. The average molecular weight is 318 g/mol. The molecule has 2 aliphatic rings. The Morgan fingerprint density at radius 3 is 2.57 bits per heavy atom. The lowest BCUT2D eigenvalue weighted by Gasteiger charge is -2.30. The van der Waals surface area contributed by atoms with Crippen LogP contribution in [0.15, 0.2) is 18.2 Å². The maximum atomic E-state index is 12.8. The molecule has 0 bridgehead atoms. The van der Waals surface area contributed by atoms with Gasteiger partial charge in [-0.1, -0.05) is 13.8 Å². The molecule has 0 spiro atoms. The molecule has 0 unspecified atom stereocenters. The van der Waals surface area contributed by atoms with Crippen molar-refractivity contribution in [3.63, 3.8) is 0 Å².